The number of hydrogen-bond donors (Lipinski definition) is 5. The Bertz CT molecular complexity index is 1860. The second kappa shape index (κ2) is 14.4. The van der Waals surface area contributed by atoms with Crippen LogP contribution in [0.15, 0.2) is 60.7 Å². The first-order valence-electron chi connectivity index (χ1n) is 16.5. The Morgan fingerprint density at radius 2 is 1.78 bits per heavy atom. The molecule has 0 radical (unpaired) electrons. The van der Waals surface area contributed by atoms with Crippen molar-refractivity contribution in [2.45, 2.75) is 63.8 Å². The van der Waals surface area contributed by atoms with Crippen molar-refractivity contribution < 1.29 is 44.2 Å². The molecule has 0 fully saturated rings. The van der Waals surface area contributed by atoms with Crippen molar-refractivity contribution in [1.29, 1.82) is 0 Å². The number of phenols is 2. The number of esters is 1. The first-order valence-corrected chi connectivity index (χ1v) is 16.5. The van der Waals surface area contributed by atoms with Crippen molar-refractivity contribution in [2.75, 3.05) is 27.4 Å². The van der Waals surface area contributed by atoms with Crippen LogP contribution in [0.5, 0.6) is 28.7 Å². The molecule has 0 saturated heterocycles. The van der Waals surface area contributed by atoms with Gasteiger partial charge in [0.05, 0.1) is 26.7 Å². The monoisotopic (exact) mass is 669 g/mol. The minimum atomic E-state index is -0.598. The fourth-order valence-corrected chi connectivity index (χ4v) is 7.26. The number of nitrogens with one attached hydrogen (secondary N) is 1. The second-order valence-corrected chi connectivity index (χ2v) is 12.7. The van der Waals surface area contributed by atoms with Gasteiger partial charge in [-0.3, -0.25) is 4.79 Å². The third-order valence-corrected chi connectivity index (χ3v) is 9.72. The Labute approximate surface area is 285 Å². The van der Waals surface area contributed by atoms with Crippen LogP contribution in [0.4, 0.5) is 0 Å². The molecular formula is C39H43NO9. The molecule has 4 atom stereocenters. The van der Waals surface area contributed by atoms with Crippen molar-refractivity contribution in [1.82, 2.24) is 5.32 Å². The number of carbonyl (C=O) groups excluding carboxylic acids is 1. The van der Waals surface area contributed by atoms with Gasteiger partial charge in [-0.1, -0.05) is 36.4 Å². The van der Waals surface area contributed by atoms with E-state index in [0.717, 1.165) is 50.1 Å². The SMILES string of the molecule is COc1cc(C2Oc3c(ccc4c3CC(CCO)c3cc(O)cc(OC)c3-4)C2COC(C)=O)c(CNC(C)c2cccc(CO)c2)cc1O. The Morgan fingerprint density at radius 3 is 2.49 bits per heavy atom. The Hall–Kier alpha value is -4.77. The van der Waals surface area contributed by atoms with E-state index in [1.807, 2.05) is 43.3 Å². The number of aromatic hydroxyl groups is 2. The second-order valence-electron chi connectivity index (χ2n) is 12.7. The van der Waals surface area contributed by atoms with Crippen molar-refractivity contribution in [3.8, 4) is 39.9 Å². The van der Waals surface area contributed by atoms with E-state index in [-0.39, 0.29) is 54.9 Å². The fourth-order valence-electron chi connectivity index (χ4n) is 7.26. The van der Waals surface area contributed by atoms with Crippen LogP contribution in [0.1, 0.15) is 83.2 Å². The quantitative estimate of drug-likeness (QED) is 0.115. The van der Waals surface area contributed by atoms with E-state index in [1.165, 1.54) is 14.0 Å². The van der Waals surface area contributed by atoms with Gasteiger partial charge in [0.25, 0.3) is 0 Å². The summed E-state index contributed by atoms with van der Waals surface area (Å²) in [7, 11) is 3.06. The molecule has 5 N–H and O–H groups in total. The molecule has 4 aromatic rings. The zero-order valence-corrected chi connectivity index (χ0v) is 28.2. The molecule has 2 aliphatic rings. The molecular weight excluding hydrogens is 626 g/mol. The average molecular weight is 670 g/mol. The zero-order valence-electron chi connectivity index (χ0n) is 28.2. The van der Waals surface area contributed by atoms with E-state index >= 15 is 0 Å². The first-order chi connectivity index (χ1) is 23.7. The maximum atomic E-state index is 12.1. The van der Waals surface area contributed by atoms with Crippen LogP contribution in [0, 0.1) is 0 Å². The van der Waals surface area contributed by atoms with Crippen LogP contribution in [0.25, 0.3) is 11.1 Å². The van der Waals surface area contributed by atoms with Crippen molar-refractivity contribution in [3.63, 3.8) is 0 Å². The highest BCUT2D eigenvalue weighted by Crippen LogP contribution is 2.56. The van der Waals surface area contributed by atoms with Crippen molar-refractivity contribution in [3.05, 3.63) is 99.6 Å². The summed E-state index contributed by atoms with van der Waals surface area (Å²) in [6.07, 6.45) is 0.441. The Kier molecular flexibility index (Phi) is 10.0. The normalized spacial score (nSPS) is 18.1. The average Bonchev–Trinajstić information content (AvgIpc) is 3.48. The molecule has 1 heterocycles. The minimum absolute atomic E-state index is 0.0128. The Balaban J connectivity index is 1.43. The highest BCUT2D eigenvalue weighted by Gasteiger charge is 2.42. The summed E-state index contributed by atoms with van der Waals surface area (Å²) in [5.74, 6) is 0.695. The maximum Gasteiger partial charge on any atom is 0.302 e. The molecule has 0 amide bonds. The van der Waals surface area contributed by atoms with Gasteiger partial charge in [-0.15, -0.1) is 0 Å². The summed E-state index contributed by atoms with van der Waals surface area (Å²) < 4.78 is 23.8. The van der Waals surface area contributed by atoms with Crippen molar-refractivity contribution in [2.24, 2.45) is 0 Å². The molecule has 0 spiro atoms. The fraction of sp³-hybridized carbons (Fsp3) is 0.359. The van der Waals surface area contributed by atoms with Gasteiger partial charge in [-0.05, 0) is 71.7 Å². The lowest BCUT2D eigenvalue weighted by molar-refractivity contribution is -0.141. The highest BCUT2D eigenvalue weighted by atomic mass is 16.5. The van der Waals surface area contributed by atoms with Crippen LogP contribution in [0.2, 0.25) is 0 Å². The summed E-state index contributed by atoms with van der Waals surface area (Å²) in [6.45, 7) is 3.77. The predicted molar refractivity (Wildman–Crippen MR) is 183 cm³/mol. The van der Waals surface area contributed by atoms with Gasteiger partial charge in [0, 0.05) is 54.4 Å². The number of phenolic OH excluding ortho intramolecular Hbond substituents is 2. The minimum Gasteiger partial charge on any atom is -0.508 e. The maximum absolute atomic E-state index is 12.1. The molecule has 6 rings (SSSR count). The summed E-state index contributed by atoms with van der Waals surface area (Å²) in [5.41, 5.74) is 7.88. The van der Waals surface area contributed by atoms with Gasteiger partial charge < -0.3 is 44.7 Å². The number of fused-ring (bicyclic) bond motifs is 5. The van der Waals surface area contributed by atoms with Crippen molar-refractivity contribution >= 4 is 5.97 Å². The molecule has 4 unspecified atom stereocenters. The topological polar surface area (TPSA) is 147 Å². The van der Waals surface area contributed by atoms with E-state index in [1.54, 1.807) is 31.4 Å². The molecule has 258 valence electrons. The molecule has 1 aliphatic heterocycles. The van der Waals surface area contributed by atoms with E-state index in [0.29, 0.717) is 30.9 Å². The van der Waals surface area contributed by atoms with Gasteiger partial charge in [0.1, 0.15) is 30.0 Å². The number of aliphatic hydroxyl groups excluding tert-OH is 2. The zero-order chi connectivity index (χ0) is 34.8. The highest BCUT2D eigenvalue weighted by molar-refractivity contribution is 5.83. The molecule has 49 heavy (non-hydrogen) atoms. The number of ether oxygens (including phenoxy) is 4. The van der Waals surface area contributed by atoms with E-state index in [9.17, 15) is 25.2 Å². The van der Waals surface area contributed by atoms with Crippen LogP contribution < -0.4 is 19.5 Å². The van der Waals surface area contributed by atoms with E-state index in [4.69, 9.17) is 18.9 Å². The third-order valence-electron chi connectivity index (χ3n) is 9.72. The molecule has 1 aliphatic carbocycles. The van der Waals surface area contributed by atoms with Gasteiger partial charge in [-0.25, -0.2) is 0 Å². The molecule has 4 aromatic carbocycles. The smallest absolute Gasteiger partial charge is 0.302 e. The molecule has 10 nitrogen and oxygen atoms in total. The molecule has 0 bridgehead atoms. The summed E-state index contributed by atoms with van der Waals surface area (Å²) in [6, 6.07) is 18.5. The van der Waals surface area contributed by atoms with E-state index in [2.05, 4.69) is 5.32 Å². The third kappa shape index (κ3) is 6.64. The molecule has 10 heteroatoms. The summed E-state index contributed by atoms with van der Waals surface area (Å²) >= 11 is 0. The Morgan fingerprint density at radius 1 is 0.980 bits per heavy atom. The van der Waals surface area contributed by atoms with Gasteiger partial charge in [0.15, 0.2) is 11.5 Å². The summed E-state index contributed by atoms with van der Waals surface area (Å²) in [5, 5.41) is 44.6. The number of aliphatic hydroxyl groups is 2. The summed E-state index contributed by atoms with van der Waals surface area (Å²) in [4.78, 5) is 12.1. The number of methoxy groups -OCH3 is 2. The number of carbonyl (C=O) groups is 1. The molecule has 0 saturated carbocycles. The molecule has 0 aromatic heterocycles. The lowest BCUT2D eigenvalue weighted by Gasteiger charge is -2.30. The van der Waals surface area contributed by atoms with Crippen LogP contribution in [0.3, 0.4) is 0 Å². The van der Waals surface area contributed by atoms with Gasteiger partial charge >= 0.3 is 5.97 Å². The lowest BCUT2D eigenvalue weighted by atomic mass is 9.75. The van der Waals surface area contributed by atoms with Crippen LogP contribution >= 0.6 is 0 Å². The predicted octanol–water partition coefficient (Wildman–Crippen LogP) is 5.93. The number of benzene rings is 4. The lowest BCUT2D eigenvalue weighted by Crippen LogP contribution is -2.22. The van der Waals surface area contributed by atoms with E-state index < -0.39 is 12.1 Å². The van der Waals surface area contributed by atoms with Crippen LogP contribution in [-0.2, 0) is 29.1 Å². The van der Waals surface area contributed by atoms with Gasteiger partial charge in [0.2, 0.25) is 0 Å². The largest absolute Gasteiger partial charge is 0.508 e. The first kappa shape index (κ1) is 34.1. The number of hydrogen-bond acceptors (Lipinski definition) is 10. The van der Waals surface area contributed by atoms with Gasteiger partial charge in [-0.2, -0.15) is 0 Å². The standard InChI is InChI=1S/C39H43NO9/c1-21(24-7-5-6-23(12-24)19-42)40-18-26-14-34(45)35(46-3)17-31(26)39-33(20-48-22(2)43)29-9-8-28-32(38(29)49-39)13-25(10-11-41)30-15-27(44)16-36(47-4)37(28)30/h5-9,12,14-17,21,25,33,39-42,44-45H,10-11,13,18-20H2,1-4H3. The number of rotatable bonds is 12. The van der Waals surface area contributed by atoms with Crippen LogP contribution in [-0.4, -0.2) is 53.8 Å².